The van der Waals surface area contributed by atoms with Crippen molar-refractivity contribution in [1.82, 2.24) is 4.47 Å². The highest BCUT2D eigenvalue weighted by Crippen LogP contribution is 2.19. The molecule has 21 heavy (non-hydrogen) atoms. The number of nitrogens with one attached hydrogen (secondary N) is 1. The van der Waals surface area contributed by atoms with Gasteiger partial charge in [-0.05, 0) is 30.7 Å². The van der Waals surface area contributed by atoms with Crippen LogP contribution in [0.4, 0.5) is 5.69 Å². The number of nitrogens with zero attached hydrogens (tertiary/aromatic N) is 1. The van der Waals surface area contributed by atoms with E-state index < -0.39 is 10.0 Å². The van der Waals surface area contributed by atoms with Crippen LogP contribution < -0.4 is 5.32 Å². The van der Waals surface area contributed by atoms with Gasteiger partial charge in [0.2, 0.25) is 5.91 Å². The summed E-state index contributed by atoms with van der Waals surface area (Å²) in [6.45, 7) is 1.02. The van der Waals surface area contributed by atoms with Crippen LogP contribution in [-0.4, -0.2) is 46.2 Å². The van der Waals surface area contributed by atoms with Crippen LogP contribution in [0, 0.1) is 5.92 Å². The molecule has 2 rings (SSSR count). The number of hydroxylamine groups is 1. The van der Waals surface area contributed by atoms with Gasteiger partial charge in [0.15, 0.2) is 0 Å². The highest BCUT2D eigenvalue weighted by molar-refractivity contribution is 7.89. The highest BCUT2D eigenvalue weighted by Gasteiger charge is 2.24. The van der Waals surface area contributed by atoms with Crippen molar-refractivity contribution in [1.29, 1.82) is 0 Å². The first-order valence-corrected chi connectivity index (χ1v) is 7.91. The maximum atomic E-state index is 12.0. The molecule has 0 radical (unpaired) electrons. The van der Waals surface area contributed by atoms with Crippen molar-refractivity contribution in [3.63, 3.8) is 0 Å². The minimum atomic E-state index is -3.67. The Bertz CT molecular complexity index is 593. The summed E-state index contributed by atoms with van der Waals surface area (Å²) in [5.74, 6) is -0.259. The SMILES string of the molecule is CON(C)S(=O)(=O)c1ccc(NC(=O)C2CCOC2)cc1. The van der Waals surface area contributed by atoms with E-state index in [2.05, 4.69) is 5.32 Å². The van der Waals surface area contributed by atoms with E-state index in [0.717, 1.165) is 4.47 Å². The van der Waals surface area contributed by atoms with Gasteiger partial charge in [-0.15, -0.1) is 0 Å². The van der Waals surface area contributed by atoms with Gasteiger partial charge in [-0.2, -0.15) is 0 Å². The molecule has 1 aliphatic rings. The van der Waals surface area contributed by atoms with Gasteiger partial charge in [0, 0.05) is 19.3 Å². The second-order valence-electron chi connectivity index (χ2n) is 4.67. The van der Waals surface area contributed by atoms with E-state index in [1.165, 1.54) is 26.3 Å². The fraction of sp³-hybridized carbons (Fsp3) is 0.462. The van der Waals surface area contributed by atoms with E-state index in [-0.39, 0.29) is 16.7 Å². The minimum absolute atomic E-state index is 0.0917. The average molecular weight is 314 g/mol. The fourth-order valence-corrected chi connectivity index (χ4v) is 2.92. The monoisotopic (exact) mass is 314 g/mol. The lowest BCUT2D eigenvalue weighted by Gasteiger charge is -2.14. The Hall–Kier alpha value is -1.48. The summed E-state index contributed by atoms with van der Waals surface area (Å²) >= 11 is 0. The summed E-state index contributed by atoms with van der Waals surface area (Å²) in [6, 6.07) is 5.94. The molecule has 1 saturated heterocycles. The van der Waals surface area contributed by atoms with Gasteiger partial charge in [-0.1, -0.05) is 4.47 Å². The number of anilines is 1. The second kappa shape index (κ2) is 6.52. The first-order chi connectivity index (χ1) is 9.95. The molecule has 0 saturated carbocycles. The highest BCUT2D eigenvalue weighted by atomic mass is 32.2. The molecule has 1 unspecified atom stereocenters. The zero-order valence-corrected chi connectivity index (χ0v) is 12.7. The van der Waals surface area contributed by atoms with Crippen molar-refractivity contribution in [3.8, 4) is 0 Å². The van der Waals surface area contributed by atoms with Gasteiger partial charge in [0.05, 0.1) is 24.5 Å². The molecule has 0 spiro atoms. The van der Waals surface area contributed by atoms with Gasteiger partial charge in [-0.25, -0.2) is 8.42 Å². The van der Waals surface area contributed by atoms with Crippen LogP contribution >= 0.6 is 0 Å². The number of benzene rings is 1. The predicted octanol–water partition coefficient (Wildman–Crippen LogP) is 0.843. The average Bonchev–Trinajstić information content (AvgIpc) is 3.01. The minimum Gasteiger partial charge on any atom is -0.381 e. The van der Waals surface area contributed by atoms with Crippen LogP contribution in [0.3, 0.4) is 0 Å². The fourth-order valence-electron chi connectivity index (χ4n) is 1.94. The lowest BCUT2D eigenvalue weighted by molar-refractivity contribution is -0.119. The van der Waals surface area contributed by atoms with Gasteiger partial charge < -0.3 is 10.1 Å². The molecule has 0 aliphatic carbocycles. The molecule has 1 heterocycles. The van der Waals surface area contributed by atoms with Crippen LogP contribution in [-0.2, 0) is 24.4 Å². The maximum Gasteiger partial charge on any atom is 0.264 e. The molecule has 1 fully saturated rings. The molecule has 8 heteroatoms. The Labute approximate surface area is 123 Å². The van der Waals surface area contributed by atoms with Crippen molar-refractivity contribution in [2.45, 2.75) is 11.3 Å². The topological polar surface area (TPSA) is 84.9 Å². The maximum absolute atomic E-state index is 12.0. The number of carbonyl (C=O) groups is 1. The third kappa shape index (κ3) is 3.59. The first kappa shape index (κ1) is 15.9. The van der Waals surface area contributed by atoms with E-state index in [1.54, 1.807) is 12.1 Å². The largest absolute Gasteiger partial charge is 0.381 e. The van der Waals surface area contributed by atoms with E-state index in [1.807, 2.05) is 0 Å². The number of rotatable bonds is 5. The summed E-state index contributed by atoms with van der Waals surface area (Å²) in [7, 11) is -1.09. The van der Waals surface area contributed by atoms with Crippen LogP contribution in [0.1, 0.15) is 6.42 Å². The second-order valence-corrected chi connectivity index (χ2v) is 6.61. The van der Waals surface area contributed by atoms with Crippen LogP contribution in [0.2, 0.25) is 0 Å². The number of hydrogen-bond donors (Lipinski definition) is 1. The molecule has 0 bridgehead atoms. The number of ether oxygens (including phenoxy) is 1. The van der Waals surface area contributed by atoms with Crippen molar-refractivity contribution in [2.75, 3.05) is 32.7 Å². The third-order valence-electron chi connectivity index (χ3n) is 3.32. The van der Waals surface area contributed by atoms with Crippen molar-refractivity contribution in [2.24, 2.45) is 5.92 Å². The summed E-state index contributed by atoms with van der Waals surface area (Å²) in [5, 5.41) is 2.75. The zero-order chi connectivity index (χ0) is 15.5. The molecule has 1 aromatic carbocycles. The van der Waals surface area contributed by atoms with E-state index in [0.29, 0.717) is 25.3 Å². The van der Waals surface area contributed by atoms with Crippen LogP contribution in [0.5, 0.6) is 0 Å². The standard InChI is InChI=1S/C13H18N2O5S/c1-15(19-2)21(17,18)12-5-3-11(4-6-12)14-13(16)10-7-8-20-9-10/h3-6,10H,7-9H2,1-2H3,(H,14,16). The van der Waals surface area contributed by atoms with Crippen molar-refractivity contribution >= 4 is 21.6 Å². The Morgan fingerprint density at radius 3 is 2.57 bits per heavy atom. The van der Waals surface area contributed by atoms with Gasteiger partial charge >= 0.3 is 0 Å². The molecule has 1 amide bonds. The summed E-state index contributed by atoms with van der Waals surface area (Å²) in [6.07, 6.45) is 0.705. The van der Waals surface area contributed by atoms with Gasteiger partial charge in [0.1, 0.15) is 0 Å². The van der Waals surface area contributed by atoms with Gasteiger partial charge in [-0.3, -0.25) is 9.63 Å². The Balaban J connectivity index is 2.07. The zero-order valence-electron chi connectivity index (χ0n) is 11.9. The number of hydrogen-bond acceptors (Lipinski definition) is 5. The van der Waals surface area contributed by atoms with E-state index in [9.17, 15) is 13.2 Å². The first-order valence-electron chi connectivity index (χ1n) is 6.47. The molecule has 116 valence electrons. The normalized spacial score (nSPS) is 18.9. The van der Waals surface area contributed by atoms with Crippen LogP contribution in [0.15, 0.2) is 29.2 Å². The summed E-state index contributed by atoms with van der Waals surface area (Å²) < 4.78 is 29.9. The third-order valence-corrected chi connectivity index (χ3v) is 5.01. The predicted molar refractivity (Wildman–Crippen MR) is 76.0 cm³/mol. The lowest BCUT2D eigenvalue weighted by Crippen LogP contribution is -2.26. The van der Waals surface area contributed by atoms with Crippen LogP contribution in [0.25, 0.3) is 0 Å². The number of amides is 1. The molecule has 1 N–H and O–H groups in total. The van der Waals surface area contributed by atoms with E-state index in [4.69, 9.17) is 9.57 Å². The molecule has 1 aromatic rings. The Kier molecular flexibility index (Phi) is 4.94. The van der Waals surface area contributed by atoms with Gasteiger partial charge in [0.25, 0.3) is 10.0 Å². The molecule has 1 atom stereocenters. The smallest absolute Gasteiger partial charge is 0.264 e. The summed E-state index contributed by atoms with van der Waals surface area (Å²) in [4.78, 5) is 16.7. The number of carbonyl (C=O) groups excluding carboxylic acids is 1. The molecular weight excluding hydrogens is 296 g/mol. The Morgan fingerprint density at radius 1 is 1.38 bits per heavy atom. The molecular formula is C13H18N2O5S. The molecule has 1 aliphatic heterocycles. The lowest BCUT2D eigenvalue weighted by atomic mass is 10.1. The summed E-state index contributed by atoms with van der Waals surface area (Å²) in [5.41, 5.74) is 0.547. The molecule has 7 nitrogen and oxygen atoms in total. The quantitative estimate of drug-likeness (QED) is 0.814. The van der Waals surface area contributed by atoms with Crippen molar-refractivity contribution in [3.05, 3.63) is 24.3 Å². The van der Waals surface area contributed by atoms with E-state index >= 15 is 0 Å². The Morgan fingerprint density at radius 2 is 2.05 bits per heavy atom. The van der Waals surface area contributed by atoms with Crippen molar-refractivity contribution < 1.29 is 22.8 Å². The molecule has 0 aromatic heterocycles. The number of sulfonamides is 1.